The molecule has 4 nitrogen and oxygen atoms in total. The number of hydrogen-bond acceptors (Lipinski definition) is 2. The van der Waals surface area contributed by atoms with E-state index in [0.717, 1.165) is 32.7 Å². The van der Waals surface area contributed by atoms with Crippen LogP contribution >= 0.6 is 0 Å². The van der Waals surface area contributed by atoms with Crippen molar-refractivity contribution in [1.29, 1.82) is 0 Å². The summed E-state index contributed by atoms with van der Waals surface area (Å²) in [6.07, 6.45) is 3.17. The van der Waals surface area contributed by atoms with Crippen LogP contribution in [0.1, 0.15) is 16.7 Å². The first kappa shape index (κ1) is 19.1. The highest BCUT2D eigenvalue weighted by Crippen LogP contribution is 2.18. The number of amides is 1. The highest BCUT2D eigenvalue weighted by molar-refractivity contribution is 5.91. The van der Waals surface area contributed by atoms with Crippen molar-refractivity contribution < 1.29 is 18.8 Å². The van der Waals surface area contributed by atoms with E-state index in [9.17, 15) is 9.18 Å². The van der Waals surface area contributed by atoms with Gasteiger partial charge in [0.2, 0.25) is 5.91 Å². The summed E-state index contributed by atoms with van der Waals surface area (Å²) in [6, 6.07) is 13.1. The van der Waals surface area contributed by atoms with Crippen molar-refractivity contribution in [3.8, 4) is 5.75 Å². The number of benzene rings is 2. The molecule has 1 N–H and O–H groups in total. The van der Waals surface area contributed by atoms with Gasteiger partial charge in [0.15, 0.2) is 11.6 Å². The largest absolute Gasteiger partial charge is 0.494 e. The number of nitrogens with one attached hydrogen (secondary N) is 1. The third kappa shape index (κ3) is 4.95. The van der Waals surface area contributed by atoms with Crippen LogP contribution in [0.15, 0.2) is 48.5 Å². The van der Waals surface area contributed by atoms with Crippen molar-refractivity contribution in [2.45, 2.75) is 13.5 Å². The smallest absolute Gasteiger partial charge is 0.246 e. The number of nitrogens with zero attached hydrogens (tertiary/aromatic N) is 1. The summed E-state index contributed by atoms with van der Waals surface area (Å²) in [4.78, 5) is 15.8. The number of methoxy groups -OCH3 is 1. The van der Waals surface area contributed by atoms with E-state index in [2.05, 4.69) is 31.2 Å². The highest BCUT2D eigenvalue weighted by Gasteiger charge is 2.22. The minimum atomic E-state index is -0.430. The molecule has 0 spiro atoms. The molecular weight excluding hydrogens is 343 g/mol. The molecule has 1 amide bonds. The Balaban J connectivity index is 1.52. The van der Waals surface area contributed by atoms with Gasteiger partial charge in [0.05, 0.1) is 33.3 Å². The molecule has 1 aliphatic rings. The minimum Gasteiger partial charge on any atom is -0.494 e. The van der Waals surface area contributed by atoms with Crippen LogP contribution in [0.2, 0.25) is 0 Å². The molecule has 142 valence electrons. The molecule has 27 heavy (non-hydrogen) atoms. The van der Waals surface area contributed by atoms with Crippen LogP contribution in [0.25, 0.3) is 6.08 Å². The fourth-order valence-electron chi connectivity index (χ4n) is 3.36. The van der Waals surface area contributed by atoms with Crippen LogP contribution in [0.5, 0.6) is 5.75 Å². The summed E-state index contributed by atoms with van der Waals surface area (Å²) in [6.45, 7) is 6.48. The van der Waals surface area contributed by atoms with Crippen molar-refractivity contribution in [1.82, 2.24) is 4.90 Å². The molecule has 0 aliphatic carbocycles. The van der Waals surface area contributed by atoms with Gasteiger partial charge in [-0.1, -0.05) is 30.3 Å². The molecule has 0 aromatic heterocycles. The number of hydrogen-bond donors (Lipinski definition) is 1. The Bertz CT molecular complexity index is 827. The van der Waals surface area contributed by atoms with E-state index < -0.39 is 5.82 Å². The lowest BCUT2D eigenvalue weighted by Gasteiger charge is -2.32. The van der Waals surface area contributed by atoms with Crippen molar-refractivity contribution >= 4 is 12.0 Å². The van der Waals surface area contributed by atoms with Gasteiger partial charge >= 0.3 is 0 Å². The van der Waals surface area contributed by atoms with E-state index in [1.165, 1.54) is 35.3 Å². The summed E-state index contributed by atoms with van der Waals surface area (Å²) in [5.74, 6) is -0.257. The molecule has 3 rings (SSSR count). The van der Waals surface area contributed by atoms with Crippen LogP contribution in [-0.2, 0) is 11.3 Å². The fourth-order valence-corrected chi connectivity index (χ4v) is 3.36. The SMILES string of the molecule is COc1ccc(/C=C/C(=O)N2CC[NH+](Cc3ccccc3C)CC2)cc1F. The number of carbonyl (C=O) groups is 1. The van der Waals surface area contributed by atoms with Gasteiger partial charge in [-0.25, -0.2) is 4.39 Å². The maximum absolute atomic E-state index is 13.7. The van der Waals surface area contributed by atoms with Crippen molar-refractivity contribution in [2.24, 2.45) is 0 Å². The molecule has 1 saturated heterocycles. The molecular formula is C22H26FN2O2+. The summed E-state index contributed by atoms with van der Waals surface area (Å²) in [5.41, 5.74) is 3.33. The van der Waals surface area contributed by atoms with Crippen LogP contribution in [0, 0.1) is 12.7 Å². The van der Waals surface area contributed by atoms with Crippen LogP contribution in [-0.4, -0.2) is 44.1 Å². The second-order valence-corrected chi connectivity index (χ2v) is 6.91. The molecule has 0 bridgehead atoms. The van der Waals surface area contributed by atoms with E-state index >= 15 is 0 Å². The van der Waals surface area contributed by atoms with E-state index in [0.29, 0.717) is 5.56 Å². The third-order valence-electron chi connectivity index (χ3n) is 5.08. The van der Waals surface area contributed by atoms with Gasteiger partial charge in [-0.15, -0.1) is 0 Å². The van der Waals surface area contributed by atoms with Crippen LogP contribution in [0.3, 0.4) is 0 Å². The molecule has 0 atom stereocenters. The van der Waals surface area contributed by atoms with Gasteiger partial charge < -0.3 is 14.5 Å². The lowest BCUT2D eigenvalue weighted by atomic mass is 10.1. The molecule has 1 aliphatic heterocycles. The first-order valence-electron chi connectivity index (χ1n) is 9.25. The summed E-state index contributed by atoms with van der Waals surface area (Å²) in [5, 5.41) is 0. The zero-order valence-corrected chi connectivity index (χ0v) is 15.9. The number of rotatable bonds is 5. The Labute approximate surface area is 159 Å². The summed E-state index contributed by atoms with van der Waals surface area (Å²) in [7, 11) is 1.43. The van der Waals surface area contributed by atoms with Crippen molar-refractivity contribution in [2.75, 3.05) is 33.3 Å². The molecule has 0 unspecified atom stereocenters. The molecule has 1 heterocycles. The summed E-state index contributed by atoms with van der Waals surface area (Å²) >= 11 is 0. The van der Waals surface area contributed by atoms with Gasteiger partial charge in [-0.05, 0) is 36.3 Å². The normalized spacial score (nSPS) is 15.3. The number of halogens is 1. The van der Waals surface area contributed by atoms with E-state index in [-0.39, 0.29) is 11.7 Å². The fraction of sp³-hybridized carbons (Fsp3) is 0.318. The molecule has 2 aromatic rings. The highest BCUT2D eigenvalue weighted by atomic mass is 19.1. The average molecular weight is 369 g/mol. The van der Waals surface area contributed by atoms with E-state index in [4.69, 9.17) is 4.74 Å². The molecule has 0 saturated carbocycles. The molecule has 5 heteroatoms. The Kier molecular flexibility index (Phi) is 6.24. The number of carbonyl (C=O) groups excluding carboxylic acids is 1. The maximum atomic E-state index is 13.7. The Hall–Kier alpha value is -2.66. The Morgan fingerprint density at radius 2 is 1.96 bits per heavy atom. The Morgan fingerprint density at radius 1 is 1.22 bits per heavy atom. The predicted octanol–water partition coefficient (Wildman–Crippen LogP) is 2.08. The molecule has 2 aromatic carbocycles. The number of aryl methyl sites for hydroxylation is 1. The zero-order valence-electron chi connectivity index (χ0n) is 15.9. The van der Waals surface area contributed by atoms with Gasteiger partial charge in [0.25, 0.3) is 0 Å². The predicted molar refractivity (Wildman–Crippen MR) is 104 cm³/mol. The number of quaternary nitrogens is 1. The van der Waals surface area contributed by atoms with E-state index in [1.807, 2.05) is 4.90 Å². The van der Waals surface area contributed by atoms with E-state index in [1.54, 1.807) is 18.2 Å². The van der Waals surface area contributed by atoms with Gasteiger partial charge in [-0.2, -0.15) is 0 Å². The molecule has 1 fully saturated rings. The third-order valence-corrected chi connectivity index (χ3v) is 5.08. The number of ether oxygens (including phenoxy) is 1. The van der Waals surface area contributed by atoms with Gasteiger partial charge in [-0.3, -0.25) is 4.79 Å². The lowest BCUT2D eigenvalue weighted by molar-refractivity contribution is -0.917. The maximum Gasteiger partial charge on any atom is 0.246 e. The van der Waals surface area contributed by atoms with Crippen LogP contribution in [0.4, 0.5) is 4.39 Å². The standard InChI is InChI=1S/C22H25FN2O2/c1-17-5-3-4-6-19(17)16-24-11-13-25(14-12-24)22(26)10-8-18-7-9-21(27-2)20(23)15-18/h3-10,15H,11-14,16H2,1-2H3/p+1/b10-8+. The van der Waals surface area contributed by atoms with Gasteiger partial charge in [0.1, 0.15) is 6.54 Å². The Morgan fingerprint density at radius 3 is 2.63 bits per heavy atom. The first-order chi connectivity index (χ1) is 13.1. The number of piperazine rings is 1. The minimum absolute atomic E-state index is 0.0267. The van der Waals surface area contributed by atoms with Crippen LogP contribution < -0.4 is 9.64 Å². The second kappa shape index (κ2) is 8.82. The van der Waals surface area contributed by atoms with Gasteiger partial charge in [0, 0.05) is 11.6 Å². The van der Waals surface area contributed by atoms with Crippen molar-refractivity contribution in [3.63, 3.8) is 0 Å². The first-order valence-corrected chi connectivity index (χ1v) is 9.25. The zero-order chi connectivity index (χ0) is 19.2. The second-order valence-electron chi connectivity index (χ2n) is 6.91. The lowest BCUT2D eigenvalue weighted by Crippen LogP contribution is -3.13. The molecule has 0 radical (unpaired) electrons. The van der Waals surface area contributed by atoms with Crippen molar-refractivity contribution in [3.05, 3.63) is 71.0 Å². The summed E-state index contributed by atoms with van der Waals surface area (Å²) < 4.78 is 18.6. The topological polar surface area (TPSA) is 34.0 Å². The monoisotopic (exact) mass is 369 g/mol. The quantitative estimate of drug-likeness (QED) is 0.819. The average Bonchev–Trinajstić information content (AvgIpc) is 2.68.